The molecule has 0 aliphatic rings. The first-order valence-electron chi connectivity index (χ1n) is 6.11. The first-order valence-corrected chi connectivity index (χ1v) is 7.97. The van der Waals surface area contributed by atoms with E-state index in [4.69, 9.17) is 16.0 Å². The van der Waals surface area contributed by atoms with Crippen LogP contribution in [-0.4, -0.2) is 19.3 Å². The van der Waals surface area contributed by atoms with Crippen LogP contribution in [0, 0.1) is 6.92 Å². The average Bonchev–Trinajstić information content (AvgIpc) is 2.89. The third kappa shape index (κ3) is 3.25. The summed E-state index contributed by atoms with van der Waals surface area (Å²) in [5, 5.41) is 0.306. The average molecular weight is 329 g/mol. The number of amides is 1. The standard InChI is InChI=1S/C13H13ClN2O4S/c1-3-11-12(15-7-20-11)13(17)16-21(18,19)9-5-4-8(2)10(14)6-9/h4-7H,3H2,1-2H3,(H,16,17). The summed E-state index contributed by atoms with van der Waals surface area (Å²) in [5.41, 5.74) is 0.700. The number of aromatic nitrogens is 1. The number of nitrogens with one attached hydrogen (secondary N) is 1. The van der Waals surface area contributed by atoms with E-state index >= 15 is 0 Å². The van der Waals surface area contributed by atoms with Crippen LogP contribution in [0.1, 0.15) is 28.7 Å². The Morgan fingerprint density at radius 2 is 2.14 bits per heavy atom. The van der Waals surface area contributed by atoms with Gasteiger partial charge in [0.2, 0.25) is 0 Å². The molecule has 112 valence electrons. The predicted octanol–water partition coefficient (Wildman–Crippen LogP) is 2.32. The van der Waals surface area contributed by atoms with Crippen molar-refractivity contribution in [3.63, 3.8) is 0 Å². The molecule has 21 heavy (non-hydrogen) atoms. The van der Waals surface area contributed by atoms with Gasteiger partial charge in [0.1, 0.15) is 5.76 Å². The van der Waals surface area contributed by atoms with Crippen molar-refractivity contribution < 1.29 is 17.6 Å². The molecule has 2 aromatic rings. The second-order valence-electron chi connectivity index (χ2n) is 4.32. The zero-order valence-electron chi connectivity index (χ0n) is 11.4. The minimum absolute atomic E-state index is 0.0423. The van der Waals surface area contributed by atoms with Crippen LogP contribution in [0.2, 0.25) is 5.02 Å². The first kappa shape index (κ1) is 15.5. The third-order valence-electron chi connectivity index (χ3n) is 2.86. The molecule has 0 fully saturated rings. The van der Waals surface area contributed by atoms with Gasteiger partial charge in [0.25, 0.3) is 15.9 Å². The molecule has 1 heterocycles. The van der Waals surface area contributed by atoms with E-state index in [0.29, 0.717) is 17.2 Å². The summed E-state index contributed by atoms with van der Waals surface area (Å²) in [6.45, 7) is 3.52. The number of hydrogen-bond donors (Lipinski definition) is 1. The Bertz CT molecular complexity index is 783. The maximum atomic E-state index is 12.2. The lowest BCUT2D eigenvalue weighted by Gasteiger charge is -2.07. The van der Waals surface area contributed by atoms with E-state index in [1.54, 1.807) is 19.9 Å². The molecule has 6 nitrogen and oxygen atoms in total. The summed E-state index contributed by atoms with van der Waals surface area (Å²) < 4.78 is 31.3. The monoisotopic (exact) mass is 328 g/mol. The van der Waals surface area contributed by atoms with Gasteiger partial charge < -0.3 is 4.42 Å². The summed E-state index contributed by atoms with van der Waals surface area (Å²) in [6.07, 6.45) is 1.53. The van der Waals surface area contributed by atoms with Crippen molar-refractivity contribution in [3.05, 3.63) is 46.6 Å². The molecule has 1 amide bonds. The molecule has 0 spiro atoms. The molecule has 0 bridgehead atoms. The van der Waals surface area contributed by atoms with Crippen molar-refractivity contribution in [1.82, 2.24) is 9.71 Å². The fourth-order valence-corrected chi connectivity index (χ4v) is 2.90. The molecule has 0 radical (unpaired) electrons. The Kier molecular flexibility index (Phi) is 4.34. The SMILES string of the molecule is CCc1ocnc1C(=O)NS(=O)(=O)c1ccc(C)c(Cl)c1. The van der Waals surface area contributed by atoms with Crippen molar-refractivity contribution in [3.8, 4) is 0 Å². The van der Waals surface area contributed by atoms with Gasteiger partial charge >= 0.3 is 0 Å². The molecule has 0 aliphatic carbocycles. The van der Waals surface area contributed by atoms with Crippen LogP contribution < -0.4 is 4.72 Å². The van der Waals surface area contributed by atoms with E-state index in [-0.39, 0.29) is 10.6 Å². The van der Waals surface area contributed by atoms with Crippen molar-refractivity contribution in [1.29, 1.82) is 0 Å². The van der Waals surface area contributed by atoms with Crippen LogP contribution in [-0.2, 0) is 16.4 Å². The number of carbonyl (C=O) groups is 1. The van der Waals surface area contributed by atoms with E-state index in [0.717, 1.165) is 12.0 Å². The van der Waals surface area contributed by atoms with Gasteiger partial charge in [-0.3, -0.25) is 4.79 Å². The minimum atomic E-state index is -4.02. The van der Waals surface area contributed by atoms with Gasteiger partial charge in [0, 0.05) is 11.4 Å². The maximum Gasteiger partial charge on any atom is 0.287 e. The van der Waals surface area contributed by atoms with Crippen molar-refractivity contribution in [2.24, 2.45) is 0 Å². The van der Waals surface area contributed by atoms with E-state index in [9.17, 15) is 13.2 Å². The zero-order valence-corrected chi connectivity index (χ0v) is 13.0. The van der Waals surface area contributed by atoms with E-state index < -0.39 is 15.9 Å². The van der Waals surface area contributed by atoms with Gasteiger partial charge in [-0.2, -0.15) is 0 Å². The lowest BCUT2D eigenvalue weighted by atomic mass is 10.2. The quantitative estimate of drug-likeness (QED) is 0.930. The maximum absolute atomic E-state index is 12.2. The van der Waals surface area contributed by atoms with Crippen molar-refractivity contribution in [2.45, 2.75) is 25.2 Å². The van der Waals surface area contributed by atoms with E-state index in [1.807, 2.05) is 4.72 Å². The lowest BCUT2D eigenvalue weighted by Crippen LogP contribution is -2.31. The van der Waals surface area contributed by atoms with Gasteiger partial charge in [-0.05, 0) is 24.6 Å². The van der Waals surface area contributed by atoms with Gasteiger partial charge in [-0.1, -0.05) is 24.6 Å². The summed E-state index contributed by atoms with van der Waals surface area (Å²) in [6, 6.07) is 4.23. The van der Waals surface area contributed by atoms with Crippen LogP contribution in [0.25, 0.3) is 0 Å². The summed E-state index contributed by atoms with van der Waals surface area (Å²) >= 11 is 5.90. The predicted molar refractivity (Wildman–Crippen MR) is 76.7 cm³/mol. The Morgan fingerprint density at radius 1 is 1.43 bits per heavy atom. The molecule has 0 saturated heterocycles. The molecule has 8 heteroatoms. The zero-order chi connectivity index (χ0) is 15.6. The smallest absolute Gasteiger partial charge is 0.287 e. The number of carbonyl (C=O) groups excluding carboxylic acids is 1. The van der Waals surface area contributed by atoms with Crippen molar-refractivity contribution in [2.75, 3.05) is 0 Å². The summed E-state index contributed by atoms with van der Waals surface area (Å²) in [5.74, 6) is -0.512. The third-order valence-corrected chi connectivity index (χ3v) is 4.59. The molecule has 0 saturated carbocycles. The van der Waals surface area contributed by atoms with Crippen LogP contribution in [0.3, 0.4) is 0 Å². The van der Waals surface area contributed by atoms with Gasteiger partial charge in [-0.25, -0.2) is 18.1 Å². The van der Waals surface area contributed by atoms with Gasteiger partial charge in [-0.15, -0.1) is 0 Å². The molecule has 0 unspecified atom stereocenters. The van der Waals surface area contributed by atoms with E-state index in [1.165, 1.54) is 12.1 Å². The Labute approximate surface area is 127 Å². The Balaban J connectivity index is 2.29. The molecular weight excluding hydrogens is 316 g/mol. The molecule has 1 aromatic heterocycles. The number of nitrogens with zero attached hydrogens (tertiary/aromatic N) is 1. The highest BCUT2D eigenvalue weighted by atomic mass is 35.5. The fourth-order valence-electron chi connectivity index (χ4n) is 1.68. The fraction of sp³-hybridized carbons (Fsp3) is 0.231. The lowest BCUT2D eigenvalue weighted by molar-refractivity contribution is 0.0975. The molecule has 1 aromatic carbocycles. The van der Waals surface area contributed by atoms with Crippen LogP contribution >= 0.6 is 11.6 Å². The largest absolute Gasteiger partial charge is 0.448 e. The molecule has 1 N–H and O–H groups in total. The summed E-state index contributed by atoms with van der Waals surface area (Å²) in [4.78, 5) is 15.6. The molecule has 0 atom stereocenters. The molecular formula is C13H13ClN2O4S. The van der Waals surface area contributed by atoms with E-state index in [2.05, 4.69) is 4.98 Å². The number of rotatable bonds is 4. The highest BCUT2D eigenvalue weighted by molar-refractivity contribution is 7.90. The Morgan fingerprint density at radius 3 is 2.76 bits per heavy atom. The number of benzene rings is 1. The highest BCUT2D eigenvalue weighted by Crippen LogP contribution is 2.20. The molecule has 0 aliphatic heterocycles. The number of hydrogen-bond acceptors (Lipinski definition) is 5. The number of aryl methyl sites for hydroxylation is 2. The first-order chi connectivity index (χ1) is 9.85. The second kappa shape index (κ2) is 5.87. The van der Waals surface area contributed by atoms with Gasteiger partial charge in [0.15, 0.2) is 12.1 Å². The van der Waals surface area contributed by atoms with Crippen molar-refractivity contribution >= 4 is 27.5 Å². The number of sulfonamides is 1. The number of oxazole rings is 1. The Hall–Kier alpha value is -1.86. The number of halogens is 1. The van der Waals surface area contributed by atoms with Gasteiger partial charge in [0.05, 0.1) is 4.90 Å². The topological polar surface area (TPSA) is 89.3 Å². The minimum Gasteiger partial charge on any atom is -0.448 e. The highest BCUT2D eigenvalue weighted by Gasteiger charge is 2.23. The van der Waals surface area contributed by atoms with Crippen LogP contribution in [0.5, 0.6) is 0 Å². The summed E-state index contributed by atoms with van der Waals surface area (Å²) in [7, 11) is -4.02. The second-order valence-corrected chi connectivity index (χ2v) is 6.41. The molecule has 2 rings (SSSR count). The normalized spacial score (nSPS) is 11.4. The van der Waals surface area contributed by atoms with Crippen LogP contribution in [0.4, 0.5) is 0 Å². The van der Waals surface area contributed by atoms with Crippen LogP contribution in [0.15, 0.2) is 33.9 Å².